The Morgan fingerprint density at radius 1 is 1.56 bits per heavy atom. The first kappa shape index (κ1) is 12.0. The zero-order valence-electron chi connectivity index (χ0n) is 9.69. The SMILES string of the molecule is CC(O)Cc1csc(CC2CCOCC2)n1. The van der Waals surface area contributed by atoms with Crippen LogP contribution in [0.25, 0.3) is 0 Å². The molecule has 0 spiro atoms. The lowest BCUT2D eigenvalue weighted by molar-refractivity contribution is 0.0665. The summed E-state index contributed by atoms with van der Waals surface area (Å²) in [4.78, 5) is 4.56. The number of ether oxygens (including phenoxy) is 1. The monoisotopic (exact) mass is 241 g/mol. The van der Waals surface area contributed by atoms with Crippen molar-refractivity contribution in [1.29, 1.82) is 0 Å². The Bertz CT molecular complexity index is 319. The fourth-order valence-corrected chi connectivity index (χ4v) is 2.96. The lowest BCUT2D eigenvalue weighted by Gasteiger charge is -2.20. The molecule has 1 atom stereocenters. The fourth-order valence-electron chi connectivity index (χ4n) is 2.04. The van der Waals surface area contributed by atoms with E-state index < -0.39 is 0 Å². The first-order chi connectivity index (χ1) is 7.74. The van der Waals surface area contributed by atoms with Crippen molar-refractivity contribution in [2.45, 2.75) is 38.7 Å². The topological polar surface area (TPSA) is 42.4 Å². The van der Waals surface area contributed by atoms with Crippen molar-refractivity contribution in [3.05, 3.63) is 16.1 Å². The molecule has 0 bridgehead atoms. The first-order valence-corrected chi connectivity index (χ1v) is 6.81. The molecule has 0 aromatic carbocycles. The van der Waals surface area contributed by atoms with Gasteiger partial charge in [-0.1, -0.05) is 0 Å². The van der Waals surface area contributed by atoms with Crippen LogP contribution < -0.4 is 0 Å². The van der Waals surface area contributed by atoms with E-state index in [1.807, 2.05) is 0 Å². The zero-order valence-corrected chi connectivity index (χ0v) is 10.5. The van der Waals surface area contributed by atoms with Crippen LogP contribution in [-0.2, 0) is 17.6 Å². The predicted octanol–water partition coefficient (Wildman–Crippen LogP) is 2.04. The van der Waals surface area contributed by atoms with Gasteiger partial charge < -0.3 is 9.84 Å². The van der Waals surface area contributed by atoms with Gasteiger partial charge in [0, 0.05) is 31.4 Å². The average Bonchev–Trinajstić information content (AvgIpc) is 2.66. The smallest absolute Gasteiger partial charge is 0.0931 e. The summed E-state index contributed by atoms with van der Waals surface area (Å²) < 4.78 is 5.35. The van der Waals surface area contributed by atoms with Gasteiger partial charge in [-0.2, -0.15) is 0 Å². The third-order valence-electron chi connectivity index (χ3n) is 2.91. The average molecular weight is 241 g/mol. The minimum atomic E-state index is -0.293. The van der Waals surface area contributed by atoms with Gasteiger partial charge in [0.1, 0.15) is 0 Å². The molecule has 1 aliphatic heterocycles. The summed E-state index contributed by atoms with van der Waals surface area (Å²) in [5, 5.41) is 12.6. The lowest BCUT2D eigenvalue weighted by atomic mass is 9.97. The van der Waals surface area contributed by atoms with Crippen LogP contribution in [-0.4, -0.2) is 29.4 Å². The largest absolute Gasteiger partial charge is 0.393 e. The molecule has 1 N–H and O–H groups in total. The maximum Gasteiger partial charge on any atom is 0.0931 e. The summed E-state index contributed by atoms with van der Waals surface area (Å²) in [7, 11) is 0. The van der Waals surface area contributed by atoms with Crippen molar-refractivity contribution < 1.29 is 9.84 Å². The van der Waals surface area contributed by atoms with Gasteiger partial charge in [-0.25, -0.2) is 4.98 Å². The highest BCUT2D eigenvalue weighted by Gasteiger charge is 2.16. The van der Waals surface area contributed by atoms with Gasteiger partial charge in [0.15, 0.2) is 0 Å². The minimum absolute atomic E-state index is 0.293. The Kier molecular flexibility index (Phi) is 4.32. The zero-order chi connectivity index (χ0) is 11.4. The Hall–Kier alpha value is -0.450. The van der Waals surface area contributed by atoms with Crippen molar-refractivity contribution in [2.75, 3.05) is 13.2 Å². The molecule has 0 aliphatic carbocycles. The van der Waals surface area contributed by atoms with E-state index >= 15 is 0 Å². The highest BCUT2D eigenvalue weighted by molar-refractivity contribution is 7.09. The number of hydrogen-bond donors (Lipinski definition) is 1. The fraction of sp³-hybridized carbons (Fsp3) is 0.750. The van der Waals surface area contributed by atoms with E-state index in [1.54, 1.807) is 18.3 Å². The third kappa shape index (κ3) is 3.54. The molecule has 2 heterocycles. The molecule has 1 unspecified atom stereocenters. The normalized spacial score (nSPS) is 19.9. The van der Waals surface area contributed by atoms with Crippen molar-refractivity contribution >= 4 is 11.3 Å². The quantitative estimate of drug-likeness (QED) is 0.877. The number of nitrogens with zero attached hydrogens (tertiary/aromatic N) is 1. The second-order valence-electron chi connectivity index (χ2n) is 4.55. The molecule has 0 amide bonds. The van der Waals surface area contributed by atoms with Crippen molar-refractivity contribution in [2.24, 2.45) is 5.92 Å². The molecule has 16 heavy (non-hydrogen) atoms. The molecule has 1 aromatic heterocycles. The van der Waals surface area contributed by atoms with Gasteiger partial charge in [-0.3, -0.25) is 0 Å². The van der Waals surface area contributed by atoms with Crippen LogP contribution in [0.4, 0.5) is 0 Å². The van der Waals surface area contributed by atoms with E-state index in [0.717, 1.165) is 44.1 Å². The van der Waals surface area contributed by atoms with E-state index in [2.05, 4.69) is 10.4 Å². The molecule has 2 rings (SSSR count). The van der Waals surface area contributed by atoms with Crippen molar-refractivity contribution in [3.63, 3.8) is 0 Å². The van der Waals surface area contributed by atoms with Crippen LogP contribution in [0.5, 0.6) is 0 Å². The molecule has 0 saturated carbocycles. The molecule has 0 radical (unpaired) electrons. The number of aliphatic hydroxyl groups is 1. The van der Waals surface area contributed by atoms with Crippen LogP contribution in [0, 0.1) is 5.92 Å². The highest BCUT2D eigenvalue weighted by atomic mass is 32.1. The summed E-state index contributed by atoms with van der Waals surface area (Å²) in [5.74, 6) is 0.735. The van der Waals surface area contributed by atoms with Crippen LogP contribution in [0.2, 0.25) is 0 Å². The molecular formula is C12H19NO2S. The van der Waals surface area contributed by atoms with Gasteiger partial charge in [-0.15, -0.1) is 11.3 Å². The van der Waals surface area contributed by atoms with Crippen LogP contribution in [0.3, 0.4) is 0 Å². The van der Waals surface area contributed by atoms with E-state index in [4.69, 9.17) is 4.74 Å². The maximum atomic E-state index is 9.28. The van der Waals surface area contributed by atoms with E-state index in [1.165, 1.54) is 5.01 Å². The molecule has 1 aliphatic rings. The maximum absolute atomic E-state index is 9.28. The Labute approximate surface area is 100 Å². The molecule has 4 heteroatoms. The van der Waals surface area contributed by atoms with Crippen LogP contribution in [0.1, 0.15) is 30.5 Å². The number of rotatable bonds is 4. The summed E-state index contributed by atoms with van der Waals surface area (Å²) in [5.41, 5.74) is 1.03. The second kappa shape index (κ2) is 5.75. The summed E-state index contributed by atoms with van der Waals surface area (Å²) in [6.07, 6.45) is 3.77. The molecule has 90 valence electrons. The van der Waals surface area contributed by atoms with Gasteiger partial charge in [0.2, 0.25) is 0 Å². The van der Waals surface area contributed by atoms with Crippen LogP contribution in [0.15, 0.2) is 5.38 Å². The van der Waals surface area contributed by atoms with E-state index in [0.29, 0.717) is 6.42 Å². The highest BCUT2D eigenvalue weighted by Crippen LogP contribution is 2.22. The number of hydrogen-bond acceptors (Lipinski definition) is 4. The van der Waals surface area contributed by atoms with E-state index in [9.17, 15) is 5.11 Å². The predicted molar refractivity (Wildman–Crippen MR) is 64.7 cm³/mol. The molecule has 1 fully saturated rings. The van der Waals surface area contributed by atoms with Gasteiger partial charge >= 0.3 is 0 Å². The van der Waals surface area contributed by atoms with Crippen LogP contribution >= 0.6 is 11.3 Å². The van der Waals surface area contributed by atoms with Gasteiger partial charge in [0.05, 0.1) is 16.8 Å². The lowest BCUT2D eigenvalue weighted by Crippen LogP contribution is -2.17. The summed E-state index contributed by atoms with van der Waals surface area (Å²) >= 11 is 1.72. The minimum Gasteiger partial charge on any atom is -0.393 e. The molecule has 3 nitrogen and oxygen atoms in total. The molecule has 1 saturated heterocycles. The van der Waals surface area contributed by atoms with Crippen molar-refractivity contribution in [1.82, 2.24) is 4.98 Å². The molecule has 1 aromatic rings. The second-order valence-corrected chi connectivity index (χ2v) is 5.49. The first-order valence-electron chi connectivity index (χ1n) is 5.93. The summed E-state index contributed by atoms with van der Waals surface area (Å²) in [6, 6.07) is 0. The van der Waals surface area contributed by atoms with Gasteiger partial charge in [0.25, 0.3) is 0 Å². The van der Waals surface area contributed by atoms with E-state index in [-0.39, 0.29) is 6.10 Å². The number of thiazole rings is 1. The summed E-state index contributed by atoms with van der Waals surface area (Å²) in [6.45, 7) is 3.60. The Morgan fingerprint density at radius 3 is 3.00 bits per heavy atom. The van der Waals surface area contributed by atoms with Crippen molar-refractivity contribution in [3.8, 4) is 0 Å². The Balaban J connectivity index is 1.86. The standard InChI is InChI=1S/C12H19NO2S/c1-9(14)6-11-8-16-12(13-11)7-10-2-4-15-5-3-10/h8-10,14H,2-7H2,1H3. The number of aromatic nitrogens is 1. The molecular weight excluding hydrogens is 222 g/mol. The third-order valence-corrected chi connectivity index (χ3v) is 3.83. The number of aliphatic hydroxyl groups excluding tert-OH is 1. The van der Waals surface area contributed by atoms with Gasteiger partial charge in [-0.05, 0) is 25.7 Å². The Morgan fingerprint density at radius 2 is 2.31 bits per heavy atom.